The van der Waals surface area contributed by atoms with Crippen LogP contribution in [0, 0.1) is 0 Å². The number of hydrogen-bond donors (Lipinski definition) is 2. The van der Waals surface area contributed by atoms with Gasteiger partial charge in [-0.15, -0.1) is 0 Å². The zero-order valence-electron chi connectivity index (χ0n) is 11.7. The number of nitrogens with one attached hydrogen (secondary N) is 1. The molecular weight excluding hydrogens is 302 g/mol. The van der Waals surface area contributed by atoms with E-state index in [-0.39, 0.29) is 6.04 Å². The van der Waals surface area contributed by atoms with Gasteiger partial charge in [-0.1, -0.05) is 53.7 Å². The Morgan fingerprint density at radius 1 is 1.16 bits per heavy atom. The molecule has 2 rings (SSSR count). The van der Waals surface area contributed by atoms with Crippen molar-refractivity contribution in [3.05, 3.63) is 34.3 Å². The molecule has 1 atom stereocenters. The predicted molar refractivity (Wildman–Crippen MR) is 83.2 cm³/mol. The van der Waals surface area contributed by atoms with Crippen molar-refractivity contribution in [1.29, 1.82) is 0 Å². The van der Waals surface area contributed by atoms with Crippen molar-refractivity contribution < 1.29 is 5.11 Å². The molecule has 19 heavy (non-hydrogen) atoms. The third-order valence-electron chi connectivity index (χ3n) is 4.14. The lowest BCUT2D eigenvalue weighted by Crippen LogP contribution is -2.41. The Morgan fingerprint density at radius 2 is 1.74 bits per heavy atom. The van der Waals surface area contributed by atoms with Crippen LogP contribution in [0.4, 0.5) is 0 Å². The van der Waals surface area contributed by atoms with Gasteiger partial charge in [0.25, 0.3) is 0 Å². The first-order chi connectivity index (χ1) is 9.09. The molecule has 0 aromatic heterocycles. The summed E-state index contributed by atoms with van der Waals surface area (Å²) < 4.78 is 1.10. The molecule has 0 heterocycles. The maximum atomic E-state index is 10.6. The molecule has 0 unspecified atom stereocenters. The summed E-state index contributed by atoms with van der Waals surface area (Å²) in [5.74, 6) is 0. The van der Waals surface area contributed by atoms with E-state index < -0.39 is 5.60 Å². The highest BCUT2D eigenvalue weighted by Crippen LogP contribution is 2.27. The largest absolute Gasteiger partial charge is 0.389 e. The predicted octanol–water partition coefficient (Wildman–Crippen LogP) is 4.19. The molecule has 1 aromatic carbocycles. The van der Waals surface area contributed by atoms with Crippen LogP contribution in [-0.4, -0.2) is 17.3 Å². The molecule has 0 saturated heterocycles. The number of benzene rings is 1. The maximum Gasteiger partial charge on any atom is 0.0771 e. The van der Waals surface area contributed by atoms with E-state index in [1.54, 1.807) is 0 Å². The summed E-state index contributed by atoms with van der Waals surface area (Å²) in [6.45, 7) is 2.85. The van der Waals surface area contributed by atoms with Crippen molar-refractivity contribution in [3.8, 4) is 0 Å². The lowest BCUT2D eigenvalue weighted by molar-refractivity contribution is 0.0231. The van der Waals surface area contributed by atoms with Crippen LogP contribution in [0.2, 0.25) is 0 Å². The summed E-state index contributed by atoms with van der Waals surface area (Å²) in [4.78, 5) is 0. The molecule has 1 aliphatic rings. The van der Waals surface area contributed by atoms with Crippen molar-refractivity contribution in [2.45, 2.75) is 57.1 Å². The fourth-order valence-electron chi connectivity index (χ4n) is 2.78. The highest BCUT2D eigenvalue weighted by molar-refractivity contribution is 9.10. The fraction of sp³-hybridized carbons (Fsp3) is 0.625. The minimum Gasteiger partial charge on any atom is -0.389 e. The second-order valence-corrected chi connectivity index (χ2v) is 6.71. The fourth-order valence-corrected chi connectivity index (χ4v) is 3.04. The minimum atomic E-state index is -0.500. The molecule has 1 fully saturated rings. The second kappa shape index (κ2) is 6.87. The molecule has 2 N–H and O–H groups in total. The highest BCUT2D eigenvalue weighted by Gasteiger charge is 2.28. The third kappa shape index (κ3) is 4.59. The van der Waals surface area contributed by atoms with E-state index in [1.165, 1.54) is 18.4 Å². The Bertz CT molecular complexity index is 382. The van der Waals surface area contributed by atoms with Crippen LogP contribution in [0.3, 0.4) is 0 Å². The van der Waals surface area contributed by atoms with Gasteiger partial charge in [-0.2, -0.15) is 0 Å². The van der Waals surface area contributed by atoms with Crippen LogP contribution < -0.4 is 5.32 Å². The first kappa shape index (κ1) is 15.0. The summed E-state index contributed by atoms with van der Waals surface area (Å²) in [6.07, 6.45) is 6.73. The minimum absolute atomic E-state index is 0.278. The van der Waals surface area contributed by atoms with Crippen LogP contribution in [0.5, 0.6) is 0 Å². The Morgan fingerprint density at radius 3 is 2.32 bits per heavy atom. The van der Waals surface area contributed by atoms with Gasteiger partial charge in [0.2, 0.25) is 0 Å². The molecule has 1 aromatic rings. The third-order valence-corrected chi connectivity index (χ3v) is 4.67. The van der Waals surface area contributed by atoms with Gasteiger partial charge in [0.15, 0.2) is 0 Å². The summed E-state index contributed by atoms with van der Waals surface area (Å²) in [7, 11) is 0. The van der Waals surface area contributed by atoms with Crippen molar-refractivity contribution in [2.24, 2.45) is 0 Å². The van der Waals surface area contributed by atoms with Gasteiger partial charge in [0, 0.05) is 17.1 Å². The molecule has 0 amide bonds. The van der Waals surface area contributed by atoms with E-state index in [1.807, 2.05) is 0 Å². The van der Waals surface area contributed by atoms with E-state index in [0.29, 0.717) is 6.54 Å². The molecule has 1 saturated carbocycles. The van der Waals surface area contributed by atoms with Gasteiger partial charge in [-0.25, -0.2) is 0 Å². The molecular formula is C16H24BrNO. The average molecular weight is 326 g/mol. The van der Waals surface area contributed by atoms with Gasteiger partial charge in [-0.05, 0) is 37.5 Å². The van der Waals surface area contributed by atoms with Gasteiger partial charge < -0.3 is 10.4 Å². The molecule has 1 aliphatic carbocycles. The van der Waals surface area contributed by atoms with Crippen LogP contribution in [0.15, 0.2) is 28.7 Å². The van der Waals surface area contributed by atoms with Gasteiger partial charge in [-0.3, -0.25) is 0 Å². The normalized spacial score (nSPS) is 20.8. The van der Waals surface area contributed by atoms with Crippen molar-refractivity contribution in [2.75, 3.05) is 6.54 Å². The van der Waals surface area contributed by atoms with Crippen molar-refractivity contribution in [1.82, 2.24) is 5.32 Å². The van der Waals surface area contributed by atoms with Crippen LogP contribution in [-0.2, 0) is 0 Å². The Kier molecular flexibility index (Phi) is 5.43. The molecule has 0 radical (unpaired) electrons. The van der Waals surface area contributed by atoms with Crippen molar-refractivity contribution >= 4 is 15.9 Å². The van der Waals surface area contributed by atoms with E-state index in [2.05, 4.69) is 52.4 Å². The number of rotatable bonds is 4. The average Bonchev–Trinajstić information content (AvgIpc) is 2.62. The standard InChI is InChI=1S/C16H24BrNO/c1-13(14-6-8-15(17)9-7-14)18-12-16(19)10-4-2-3-5-11-16/h6-9,13,18-19H,2-5,10-12H2,1H3/t13-/m1/s1. The zero-order chi connectivity index (χ0) is 13.7. The summed E-state index contributed by atoms with van der Waals surface area (Å²) >= 11 is 3.45. The highest BCUT2D eigenvalue weighted by atomic mass is 79.9. The maximum absolute atomic E-state index is 10.6. The van der Waals surface area contributed by atoms with E-state index >= 15 is 0 Å². The molecule has 0 spiro atoms. The molecule has 3 heteroatoms. The number of aliphatic hydroxyl groups is 1. The molecule has 2 nitrogen and oxygen atoms in total. The number of halogens is 1. The van der Waals surface area contributed by atoms with Gasteiger partial charge >= 0.3 is 0 Å². The molecule has 0 bridgehead atoms. The van der Waals surface area contributed by atoms with Crippen LogP contribution in [0.25, 0.3) is 0 Å². The van der Waals surface area contributed by atoms with Crippen LogP contribution in [0.1, 0.15) is 57.1 Å². The van der Waals surface area contributed by atoms with E-state index in [9.17, 15) is 5.11 Å². The second-order valence-electron chi connectivity index (χ2n) is 5.79. The first-order valence-electron chi connectivity index (χ1n) is 7.30. The topological polar surface area (TPSA) is 32.3 Å². The SMILES string of the molecule is C[C@@H](NCC1(O)CCCCCC1)c1ccc(Br)cc1. The lowest BCUT2D eigenvalue weighted by Gasteiger charge is -2.29. The smallest absolute Gasteiger partial charge is 0.0771 e. The summed E-state index contributed by atoms with van der Waals surface area (Å²) in [5.41, 5.74) is 0.764. The summed E-state index contributed by atoms with van der Waals surface area (Å²) in [5, 5.41) is 14.1. The lowest BCUT2D eigenvalue weighted by atomic mass is 9.94. The Balaban J connectivity index is 1.88. The molecule has 106 valence electrons. The Labute approximate surface area is 124 Å². The van der Waals surface area contributed by atoms with E-state index in [4.69, 9.17) is 0 Å². The first-order valence-corrected chi connectivity index (χ1v) is 8.10. The zero-order valence-corrected chi connectivity index (χ0v) is 13.2. The summed E-state index contributed by atoms with van der Waals surface area (Å²) in [6, 6.07) is 8.65. The van der Waals surface area contributed by atoms with Gasteiger partial charge in [0.1, 0.15) is 0 Å². The Hall–Kier alpha value is -0.380. The molecule has 0 aliphatic heterocycles. The monoisotopic (exact) mass is 325 g/mol. The number of hydrogen-bond acceptors (Lipinski definition) is 2. The van der Waals surface area contributed by atoms with Crippen LogP contribution >= 0.6 is 15.9 Å². The van der Waals surface area contributed by atoms with Crippen molar-refractivity contribution in [3.63, 3.8) is 0 Å². The van der Waals surface area contributed by atoms with Gasteiger partial charge in [0.05, 0.1) is 5.60 Å². The quantitative estimate of drug-likeness (QED) is 0.814. The van der Waals surface area contributed by atoms with E-state index in [0.717, 1.165) is 30.2 Å².